The first-order valence-corrected chi connectivity index (χ1v) is 8.24. The van der Waals surface area contributed by atoms with Crippen LogP contribution < -0.4 is 5.32 Å². The van der Waals surface area contributed by atoms with Crippen molar-refractivity contribution >= 4 is 15.9 Å². The van der Waals surface area contributed by atoms with Crippen molar-refractivity contribution in [1.29, 1.82) is 0 Å². The van der Waals surface area contributed by atoms with E-state index in [1.807, 2.05) is 6.07 Å². The molecule has 0 radical (unpaired) electrons. The molecular weight excluding hydrogens is 320 g/mol. The van der Waals surface area contributed by atoms with Crippen LogP contribution in [0, 0.1) is 0 Å². The molecule has 0 amide bonds. The van der Waals surface area contributed by atoms with Crippen LogP contribution in [0.3, 0.4) is 0 Å². The highest BCUT2D eigenvalue weighted by atomic mass is 79.9. The van der Waals surface area contributed by atoms with E-state index in [0.717, 1.165) is 42.9 Å². The second kappa shape index (κ2) is 7.59. The second-order valence-electron chi connectivity index (χ2n) is 5.56. The summed E-state index contributed by atoms with van der Waals surface area (Å²) < 4.78 is 12.7. The summed E-state index contributed by atoms with van der Waals surface area (Å²) in [5.74, 6) is 0.939. The highest BCUT2D eigenvalue weighted by molar-refractivity contribution is 9.10. The van der Waals surface area contributed by atoms with Gasteiger partial charge in [0, 0.05) is 19.1 Å². The third-order valence-corrected chi connectivity index (χ3v) is 4.42. The summed E-state index contributed by atoms with van der Waals surface area (Å²) in [6.07, 6.45) is 2.94. The molecule has 5 heteroatoms. The lowest BCUT2D eigenvalue weighted by Gasteiger charge is -2.38. The van der Waals surface area contributed by atoms with Crippen molar-refractivity contribution in [2.45, 2.75) is 45.4 Å². The minimum atomic E-state index is 0.0980. The topological polar surface area (TPSA) is 37.6 Å². The maximum atomic E-state index is 6.01. The SMILES string of the molecule is CCCNC(c1occc1Br)C1CN(C(C)C)CCO1. The molecule has 2 rings (SSSR count). The monoisotopic (exact) mass is 344 g/mol. The molecule has 2 heterocycles. The fourth-order valence-electron chi connectivity index (χ4n) is 2.59. The predicted molar refractivity (Wildman–Crippen MR) is 83.9 cm³/mol. The number of halogens is 1. The van der Waals surface area contributed by atoms with Gasteiger partial charge < -0.3 is 14.5 Å². The molecule has 2 atom stereocenters. The van der Waals surface area contributed by atoms with Crippen molar-refractivity contribution in [3.05, 3.63) is 22.6 Å². The third kappa shape index (κ3) is 3.85. The van der Waals surface area contributed by atoms with Gasteiger partial charge in [0.25, 0.3) is 0 Å². The number of furan rings is 1. The van der Waals surface area contributed by atoms with Gasteiger partial charge in [-0.3, -0.25) is 4.90 Å². The van der Waals surface area contributed by atoms with Gasteiger partial charge in [-0.2, -0.15) is 0 Å². The fourth-order valence-corrected chi connectivity index (χ4v) is 3.04. The Bertz CT molecular complexity index is 408. The van der Waals surface area contributed by atoms with Crippen molar-refractivity contribution in [3.8, 4) is 0 Å². The fraction of sp³-hybridized carbons (Fsp3) is 0.733. The molecule has 114 valence electrons. The summed E-state index contributed by atoms with van der Waals surface area (Å²) in [7, 11) is 0. The Morgan fingerprint density at radius 1 is 1.50 bits per heavy atom. The molecule has 20 heavy (non-hydrogen) atoms. The summed E-state index contributed by atoms with van der Waals surface area (Å²) in [4.78, 5) is 2.46. The highest BCUT2D eigenvalue weighted by Gasteiger charge is 2.32. The van der Waals surface area contributed by atoms with Crippen LogP contribution in [0.1, 0.15) is 39.0 Å². The molecule has 0 aromatic carbocycles. The van der Waals surface area contributed by atoms with Gasteiger partial charge in [0.15, 0.2) is 0 Å². The molecule has 1 N–H and O–H groups in total. The summed E-state index contributed by atoms with van der Waals surface area (Å²) in [5, 5.41) is 3.57. The van der Waals surface area contributed by atoms with Crippen molar-refractivity contribution < 1.29 is 9.15 Å². The predicted octanol–water partition coefficient (Wildman–Crippen LogP) is 3.19. The van der Waals surface area contributed by atoms with Crippen LogP contribution in [0.5, 0.6) is 0 Å². The number of hydrogen-bond donors (Lipinski definition) is 1. The number of morpholine rings is 1. The Morgan fingerprint density at radius 2 is 2.30 bits per heavy atom. The normalized spacial score (nSPS) is 22.4. The van der Waals surface area contributed by atoms with Crippen molar-refractivity contribution in [3.63, 3.8) is 0 Å². The summed E-state index contributed by atoms with van der Waals surface area (Å²) in [6.45, 7) is 10.3. The van der Waals surface area contributed by atoms with Crippen LogP contribution >= 0.6 is 15.9 Å². The molecule has 4 nitrogen and oxygen atoms in total. The smallest absolute Gasteiger partial charge is 0.137 e. The lowest BCUT2D eigenvalue weighted by molar-refractivity contribution is -0.0591. The molecule has 0 saturated carbocycles. The molecular formula is C15H25BrN2O2. The number of nitrogens with one attached hydrogen (secondary N) is 1. The zero-order valence-electron chi connectivity index (χ0n) is 12.6. The van der Waals surface area contributed by atoms with Gasteiger partial charge in [-0.05, 0) is 48.8 Å². The standard InChI is InChI=1S/C15H25BrN2O2/c1-4-6-17-14(15-12(16)5-8-20-15)13-10-18(11(2)3)7-9-19-13/h5,8,11,13-14,17H,4,6-7,9-10H2,1-3H3. The van der Waals surface area contributed by atoms with Crippen LogP contribution in [0.25, 0.3) is 0 Å². The highest BCUT2D eigenvalue weighted by Crippen LogP contribution is 2.30. The number of hydrogen-bond acceptors (Lipinski definition) is 4. The van der Waals surface area contributed by atoms with Crippen LogP contribution in [0.15, 0.2) is 21.2 Å². The number of ether oxygens (including phenoxy) is 1. The van der Waals surface area contributed by atoms with Gasteiger partial charge in [-0.25, -0.2) is 0 Å². The number of nitrogens with zero attached hydrogens (tertiary/aromatic N) is 1. The van der Waals surface area contributed by atoms with Crippen LogP contribution in [0.4, 0.5) is 0 Å². The Morgan fingerprint density at radius 3 is 2.90 bits per heavy atom. The van der Waals surface area contributed by atoms with Crippen LogP contribution in [-0.2, 0) is 4.74 Å². The zero-order chi connectivity index (χ0) is 14.5. The first-order chi connectivity index (χ1) is 9.63. The quantitative estimate of drug-likeness (QED) is 0.859. The summed E-state index contributed by atoms with van der Waals surface area (Å²) in [5.41, 5.74) is 0. The van der Waals surface area contributed by atoms with E-state index in [1.54, 1.807) is 6.26 Å². The van der Waals surface area contributed by atoms with Gasteiger partial charge in [0.05, 0.1) is 29.5 Å². The molecule has 1 aromatic rings. The van der Waals surface area contributed by atoms with Gasteiger partial charge in [0.1, 0.15) is 5.76 Å². The largest absolute Gasteiger partial charge is 0.466 e. The maximum Gasteiger partial charge on any atom is 0.137 e. The Hall–Kier alpha value is -0.360. The van der Waals surface area contributed by atoms with Gasteiger partial charge >= 0.3 is 0 Å². The average Bonchev–Trinajstić information content (AvgIpc) is 2.86. The molecule has 1 aliphatic rings. The minimum Gasteiger partial charge on any atom is -0.466 e. The van der Waals surface area contributed by atoms with E-state index < -0.39 is 0 Å². The second-order valence-corrected chi connectivity index (χ2v) is 6.42. The summed E-state index contributed by atoms with van der Waals surface area (Å²) in [6, 6.07) is 2.59. The third-order valence-electron chi connectivity index (χ3n) is 3.77. The van der Waals surface area contributed by atoms with Gasteiger partial charge in [0.2, 0.25) is 0 Å². The summed E-state index contributed by atoms with van der Waals surface area (Å²) >= 11 is 3.57. The molecule has 0 bridgehead atoms. The average molecular weight is 345 g/mol. The van der Waals surface area contributed by atoms with Gasteiger partial charge in [-0.15, -0.1) is 0 Å². The molecule has 1 aliphatic heterocycles. The van der Waals surface area contributed by atoms with Crippen LogP contribution in [-0.4, -0.2) is 43.3 Å². The van der Waals surface area contributed by atoms with Crippen LogP contribution in [0.2, 0.25) is 0 Å². The van der Waals surface area contributed by atoms with Crippen molar-refractivity contribution in [2.24, 2.45) is 0 Å². The number of rotatable bonds is 6. The first kappa shape index (κ1) is 16.0. The van der Waals surface area contributed by atoms with E-state index in [1.165, 1.54) is 0 Å². The Labute approximate surface area is 130 Å². The van der Waals surface area contributed by atoms with Crippen molar-refractivity contribution in [1.82, 2.24) is 10.2 Å². The lowest BCUT2D eigenvalue weighted by atomic mass is 10.1. The molecule has 2 unspecified atom stereocenters. The lowest BCUT2D eigenvalue weighted by Crippen LogP contribution is -2.50. The van der Waals surface area contributed by atoms with E-state index in [2.05, 4.69) is 46.9 Å². The van der Waals surface area contributed by atoms with E-state index in [0.29, 0.717) is 6.04 Å². The molecule has 0 spiro atoms. The van der Waals surface area contributed by atoms with Gasteiger partial charge in [-0.1, -0.05) is 6.92 Å². The van der Waals surface area contributed by atoms with E-state index in [4.69, 9.17) is 9.15 Å². The van der Waals surface area contributed by atoms with E-state index in [-0.39, 0.29) is 12.1 Å². The molecule has 0 aliphatic carbocycles. The van der Waals surface area contributed by atoms with Crippen molar-refractivity contribution in [2.75, 3.05) is 26.2 Å². The van der Waals surface area contributed by atoms with E-state index in [9.17, 15) is 0 Å². The molecule has 1 aromatic heterocycles. The zero-order valence-corrected chi connectivity index (χ0v) is 14.1. The Kier molecular flexibility index (Phi) is 6.08. The van der Waals surface area contributed by atoms with E-state index >= 15 is 0 Å². The first-order valence-electron chi connectivity index (χ1n) is 7.45. The maximum absolute atomic E-state index is 6.01. The molecule has 1 saturated heterocycles. The Balaban J connectivity index is 2.12. The minimum absolute atomic E-state index is 0.0980. The molecule has 1 fully saturated rings.